The van der Waals surface area contributed by atoms with Gasteiger partial charge >= 0.3 is 5.97 Å². The van der Waals surface area contributed by atoms with Gasteiger partial charge in [0, 0.05) is 14.6 Å². The number of thiophene rings is 1. The maximum atomic E-state index is 12.6. The lowest BCUT2D eigenvalue weighted by Gasteiger charge is -2.08. The van der Waals surface area contributed by atoms with Crippen LogP contribution in [0.4, 0.5) is 5.69 Å². The minimum absolute atomic E-state index is 0.0124. The number of hydrogen-bond acceptors (Lipinski definition) is 4. The van der Waals surface area contributed by atoms with Crippen molar-refractivity contribution in [3.05, 3.63) is 56.3 Å². The topological polar surface area (TPSA) is 75.6 Å². The number of hydrogen-bond donors (Lipinski definition) is 2. The maximum absolute atomic E-state index is 12.6. The van der Waals surface area contributed by atoms with Gasteiger partial charge in [0.05, 0.1) is 23.4 Å². The summed E-state index contributed by atoms with van der Waals surface area (Å²) < 4.78 is 6.62. The second-order valence-corrected chi connectivity index (χ2v) is 7.40. The molecule has 2 N–H and O–H groups in total. The summed E-state index contributed by atoms with van der Waals surface area (Å²) in [5.74, 6) is -0.959. The first-order valence-corrected chi connectivity index (χ1v) is 8.99. The highest BCUT2D eigenvalue weighted by atomic mass is 79.9. The van der Waals surface area contributed by atoms with Gasteiger partial charge in [-0.3, -0.25) is 4.79 Å². The molecule has 0 unspecified atom stereocenters. The molecule has 0 spiro atoms. The summed E-state index contributed by atoms with van der Waals surface area (Å²) in [6.45, 7) is 0. The first-order chi connectivity index (χ1) is 11.9. The molecule has 1 aromatic heterocycles. The summed E-state index contributed by atoms with van der Waals surface area (Å²) in [5, 5.41) is 12.9. The molecular weight excluding hydrogens is 430 g/mol. The van der Waals surface area contributed by atoms with Crippen molar-refractivity contribution in [2.45, 2.75) is 0 Å². The normalized spacial score (nSPS) is 10.7. The molecule has 0 aliphatic carbocycles. The molecule has 128 valence electrons. The SMILES string of the molecule is COc1ccc2sc(C(=O)Nc3ccc(Br)cc3C(=O)O)c(Cl)c2c1. The van der Waals surface area contributed by atoms with Crippen LogP contribution >= 0.6 is 38.9 Å². The van der Waals surface area contributed by atoms with Crippen molar-refractivity contribution in [2.24, 2.45) is 0 Å². The summed E-state index contributed by atoms with van der Waals surface area (Å²) in [4.78, 5) is 24.3. The molecule has 0 saturated carbocycles. The molecule has 0 fully saturated rings. The van der Waals surface area contributed by atoms with Gasteiger partial charge in [-0.1, -0.05) is 27.5 Å². The number of carboxylic acid groups (broad SMARTS) is 1. The zero-order valence-corrected chi connectivity index (χ0v) is 16.0. The number of anilines is 1. The number of carbonyl (C=O) groups excluding carboxylic acids is 1. The number of methoxy groups -OCH3 is 1. The van der Waals surface area contributed by atoms with Crippen molar-refractivity contribution in [2.75, 3.05) is 12.4 Å². The fraction of sp³-hybridized carbons (Fsp3) is 0.0588. The van der Waals surface area contributed by atoms with Crippen LogP contribution in [-0.2, 0) is 0 Å². The van der Waals surface area contributed by atoms with E-state index >= 15 is 0 Å². The fourth-order valence-electron chi connectivity index (χ4n) is 2.30. The Morgan fingerprint density at radius 3 is 2.68 bits per heavy atom. The van der Waals surface area contributed by atoms with E-state index in [0.29, 0.717) is 25.5 Å². The Balaban J connectivity index is 1.98. The monoisotopic (exact) mass is 439 g/mol. The number of halogens is 2. The largest absolute Gasteiger partial charge is 0.497 e. The molecule has 5 nitrogen and oxygen atoms in total. The summed E-state index contributed by atoms with van der Waals surface area (Å²) >= 11 is 10.8. The van der Waals surface area contributed by atoms with Gasteiger partial charge in [0.2, 0.25) is 0 Å². The van der Waals surface area contributed by atoms with Crippen molar-refractivity contribution in [3.63, 3.8) is 0 Å². The van der Waals surface area contributed by atoms with Crippen LogP contribution < -0.4 is 10.1 Å². The molecule has 3 rings (SSSR count). The van der Waals surface area contributed by atoms with Gasteiger partial charge in [0.1, 0.15) is 10.6 Å². The maximum Gasteiger partial charge on any atom is 0.337 e. The van der Waals surface area contributed by atoms with Crippen LogP contribution in [0, 0.1) is 0 Å². The second kappa shape index (κ2) is 7.03. The van der Waals surface area contributed by atoms with E-state index in [1.54, 1.807) is 25.3 Å². The zero-order chi connectivity index (χ0) is 18.1. The number of ether oxygens (including phenoxy) is 1. The first kappa shape index (κ1) is 17.7. The van der Waals surface area contributed by atoms with Gasteiger partial charge in [-0.2, -0.15) is 0 Å². The van der Waals surface area contributed by atoms with Crippen LogP contribution in [0.5, 0.6) is 5.75 Å². The average Bonchev–Trinajstić information content (AvgIpc) is 2.92. The molecule has 25 heavy (non-hydrogen) atoms. The Hall–Kier alpha value is -2.09. The molecular formula is C17H11BrClNO4S. The lowest BCUT2D eigenvalue weighted by Crippen LogP contribution is -2.14. The highest BCUT2D eigenvalue weighted by Crippen LogP contribution is 2.37. The van der Waals surface area contributed by atoms with Crippen molar-refractivity contribution in [1.82, 2.24) is 0 Å². The Labute approximate surface area is 160 Å². The lowest BCUT2D eigenvalue weighted by atomic mass is 10.1. The predicted molar refractivity (Wildman–Crippen MR) is 102 cm³/mol. The molecule has 0 aliphatic rings. The van der Waals surface area contributed by atoms with Crippen LogP contribution in [0.25, 0.3) is 10.1 Å². The van der Waals surface area contributed by atoms with Crippen LogP contribution in [0.3, 0.4) is 0 Å². The molecule has 3 aromatic rings. The fourth-order valence-corrected chi connectivity index (χ4v) is 4.05. The highest BCUT2D eigenvalue weighted by Gasteiger charge is 2.20. The van der Waals surface area contributed by atoms with E-state index in [0.717, 1.165) is 4.70 Å². The minimum Gasteiger partial charge on any atom is -0.497 e. The number of aromatic carboxylic acids is 1. The Kier molecular flexibility index (Phi) is 4.99. The summed E-state index contributed by atoms with van der Waals surface area (Å²) in [6, 6.07) is 9.97. The van der Waals surface area contributed by atoms with E-state index in [1.165, 1.54) is 23.5 Å². The first-order valence-electron chi connectivity index (χ1n) is 7.01. The van der Waals surface area contributed by atoms with Gasteiger partial charge in [-0.15, -0.1) is 11.3 Å². The smallest absolute Gasteiger partial charge is 0.337 e. The van der Waals surface area contributed by atoms with Gasteiger partial charge in [0.15, 0.2) is 0 Å². The van der Waals surface area contributed by atoms with Crippen molar-refractivity contribution < 1.29 is 19.4 Å². The highest BCUT2D eigenvalue weighted by molar-refractivity contribution is 9.10. The number of rotatable bonds is 4. The molecule has 0 saturated heterocycles. The third-order valence-corrected chi connectivity index (χ3v) is 5.67. The number of carboxylic acids is 1. The van der Waals surface area contributed by atoms with Gasteiger partial charge in [0.25, 0.3) is 5.91 Å². The predicted octanol–water partition coefficient (Wildman–Crippen LogP) is 5.28. The van der Waals surface area contributed by atoms with Crippen molar-refractivity contribution in [3.8, 4) is 5.75 Å². The van der Waals surface area contributed by atoms with E-state index in [-0.39, 0.29) is 11.3 Å². The Morgan fingerprint density at radius 2 is 2.00 bits per heavy atom. The van der Waals surface area contributed by atoms with Crippen LogP contribution in [0.2, 0.25) is 5.02 Å². The summed E-state index contributed by atoms with van der Waals surface area (Å²) in [7, 11) is 1.55. The summed E-state index contributed by atoms with van der Waals surface area (Å²) in [6.07, 6.45) is 0. The standard InChI is InChI=1S/C17H11BrClNO4S/c1-24-9-3-5-13-11(7-9)14(19)15(25-13)16(21)20-12-4-2-8(18)6-10(12)17(22)23/h2-7H,1H3,(H,20,21)(H,22,23). The van der Waals surface area contributed by atoms with E-state index in [1.807, 2.05) is 6.07 Å². The number of benzene rings is 2. The second-order valence-electron chi connectivity index (χ2n) is 5.06. The van der Waals surface area contributed by atoms with Crippen LogP contribution in [-0.4, -0.2) is 24.1 Å². The van der Waals surface area contributed by atoms with E-state index < -0.39 is 11.9 Å². The third kappa shape index (κ3) is 3.49. The molecule has 0 aliphatic heterocycles. The lowest BCUT2D eigenvalue weighted by molar-refractivity contribution is 0.0698. The molecule has 1 amide bonds. The number of nitrogens with one attached hydrogen (secondary N) is 1. The molecule has 0 radical (unpaired) electrons. The molecule has 1 heterocycles. The summed E-state index contributed by atoms with van der Waals surface area (Å²) in [5.41, 5.74) is 0.188. The van der Waals surface area contributed by atoms with Gasteiger partial charge in [-0.25, -0.2) is 4.79 Å². The number of carbonyl (C=O) groups is 2. The minimum atomic E-state index is -1.14. The van der Waals surface area contributed by atoms with E-state index in [4.69, 9.17) is 16.3 Å². The van der Waals surface area contributed by atoms with Gasteiger partial charge < -0.3 is 15.2 Å². The number of amides is 1. The molecule has 2 aromatic carbocycles. The average molecular weight is 441 g/mol. The van der Waals surface area contributed by atoms with E-state index in [9.17, 15) is 14.7 Å². The van der Waals surface area contributed by atoms with E-state index in [2.05, 4.69) is 21.2 Å². The Bertz CT molecular complexity index is 1000. The third-order valence-electron chi connectivity index (χ3n) is 3.50. The zero-order valence-electron chi connectivity index (χ0n) is 12.8. The van der Waals surface area contributed by atoms with Gasteiger partial charge in [-0.05, 0) is 36.4 Å². The van der Waals surface area contributed by atoms with Crippen molar-refractivity contribution >= 4 is 66.5 Å². The molecule has 0 bridgehead atoms. The quantitative estimate of drug-likeness (QED) is 0.579. The van der Waals surface area contributed by atoms with Crippen molar-refractivity contribution in [1.29, 1.82) is 0 Å². The van der Waals surface area contributed by atoms with Crippen LogP contribution in [0.1, 0.15) is 20.0 Å². The Morgan fingerprint density at radius 1 is 1.24 bits per heavy atom. The number of fused-ring (bicyclic) bond motifs is 1. The van der Waals surface area contributed by atoms with Crippen LogP contribution in [0.15, 0.2) is 40.9 Å². The molecule has 0 atom stereocenters. The molecule has 8 heteroatoms.